The normalized spacial score (nSPS) is 10.9. The molecule has 134 valence electrons. The van der Waals surface area contributed by atoms with Crippen molar-refractivity contribution in [3.63, 3.8) is 0 Å². The number of carbonyl (C=O) groups is 1. The van der Waals surface area contributed by atoms with Gasteiger partial charge in [0, 0.05) is 23.6 Å². The fraction of sp³-hybridized carbons (Fsp3) is 0.105. The number of aryl methyl sites for hydroxylation is 1. The van der Waals surface area contributed by atoms with Gasteiger partial charge in [-0.05, 0) is 43.3 Å². The number of benzene rings is 1. The van der Waals surface area contributed by atoms with Crippen molar-refractivity contribution in [3.05, 3.63) is 66.5 Å². The first-order valence-electron chi connectivity index (χ1n) is 8.31. The van der Waals surface area contributed by atoms with Crippen LogP contribution in [0.5, 0.6) is 0 Å². The standard InChI is InChI=1S/C19H16N6OS/c1-13-2-4-15(5-3-13)21-17(26)12-27-18-7-6-16-22-23-19(25(16)24-18)14-8-10-20-11-9-14/h2-11H,12H2,1H3,(H,21,26). The number of thioether (sulfide) groups is 1. The Kier molecular flexibility index (Phi) is 4.80. The summed E-state index contributed by atoms with van der Waals surface area (Å²) in [7, 11) is 0. The molecule has 0 aliphatic carbocycles. The van der Waals surface area contributed by atoms with Gasteiger partial charge in [-0.25, -0.2) is 0 Å². The first kappa shape index (κ1) is 17.2. The fourth-order valence-electron chi connectivity index (χ4n) is 2.50. The van der Waals surface area contributed by atoms with Gasteiger partial charge in [0.15, 0.2) is 11.5 Å². The van der Waals surface area contributed by atoms with Gasteiger partial charge in [-0.2, -0.15) is 9.61 Å². The lowest BCUT2D eigenvalue weighted by molar-refractivity contribution is -0.113. The minimum Gasteiger partial charge on any atom is -0.325 e. The average Bonchev–Trinajstić information content (AvgIpc) is 3.12. The number of nitrogens with one attached hydrogen (secondary N) is 1. The van der Waals surface area contributed by atoms with Crippen molar-refractivity contribution in [2.45, 2.75) is 11.9 Å². The Hall–Kier alpha value is -3.26. The van der Waals surface area contributed by atoms with E-state index < -0.39 is 0 Å². The number of hydrogen-bond acceptors (Lipinski definition) is 6. The van der Waals surface area contributed by atoms with E-state index in [4.69, 9.17) is 0 Å². The highest BCUT2D eigenvalue weighted by Crippen LogP contribution is 2.20. The average molecular weight is 376 g/mol. The van der Waals surface area contributed by atoms with Gasteiger partial charge in [0.1, 0.15) is 5.03 Å². The summed E-state index contributed by atoms with van der Waals surface area (Å²) >= 11 is 1.36. The Labute approximate surface area is 159 Å². The Morgan fingerprint density at radius 2 is 1.81 bits per heavy atom. The molecule has 0 radical (unpaired) electrons. The van der Waals surface area contributed by atoms with E-state index in [1.54, 1.807) is 16.9 Å². The Bertz CT molecular complexity index is 1080. The van der Waals surface area contributed by atoms with Crippen LogP contribution in [0.15, 0.2) is 66.0 Å². The van der Waals surface area contributed by atoms with Gasteiger partial charge in [0.05, 0.1) is 5.75 Å². The van der Waals surface area contributed by atoms with Crippen molar-refractivity contribution in [1.29, 1.82) is 0 Å². The number of fused-ring (bicyclic) bond motifs is 1. The lowest BCUT2D eigenvalue weighted by Gasteiger charge is -2.06. The molecule has 3 aromatic heterocycles. The molecule has 1 N–H and O–H groups in total. The lowest BCUT2D eigenvalue weighted by Crippen LogP contribution is -2.14. The van der Waals surface area contributed by atoms with Crippen LogP contribution in [-0.2, 0) is 4.79 Å². The SMILES string of the molecule is Cc1ccc(NC(=O)CSc2ccc3nnc(-c4ccncc4)n3n2)cc1. The topological polar surface area (TPSA) is 85.1 Å². The number of rotatable bonds is 5. The molecule has 0 bridgehead atoms. The van der Waals surface area contributed by atoms with Crippen molar-refractivity contribution in [2.75, 3.05) is 11.1 Å². The van der Waals surface area contributed by atoms with Gasteiger partial charge in [-0.3, -0.25) is 9.78 Å². The predicted octanol–water partition coefficient (Wildman–Crippen LogP) is 3.23. The minimum atomic E-state index is -0.0798. The smallest absolute Gasteiger partial charge is 0.234 e. The van der Waals surface area contributed by atoms with Crippen molar-refractivity contribution in [1.82, 2.24) is 24.8 Å². The highest BCUT2D eigenvalue weighted by molar-refractivity contribution is 7.99. The molecule has 0 saturated carbocycles. The number of amides is 1. The van der Waals surface area contributed by atoms with Gasteiger partial charge in [0.2, 0.25) is 5.91 Å². The Morgan fingerprint density at radius 1 is 1.04 bits per heavy atom. The molecular formula is C19H16N6OS. The van der Waals surface area contributed by atoms with Crippen molar-refractivity contribution in [3.8, 4) is 11.4 Å². The molecule has 27 heavy (non-hydrogen) atoms. The Balaban J connectivity index is 1.47. The second kappa shape index (κ2) is 7.55. The first-order valence-corrected chi connectivity index (χ1v) is 9.30. The molecule has 0 atom stereocenters. The zero-order valence-electron chi connectivity index (χ0n) is 14.5. The summed E-state index contributed by atoms with van der Waals surface area (Å²) in [4.78, 5) is 16.2. The quantitative estimate of drug-likeness (QED) is 0.538. The third kappa shape index (κ3) is 3.95. The van der Waals surface area contributed by atoms with E-state index in [0.29, 0.717) is 11.5 Å². The molecule has 1 amide bonds. The highest BCUT2D eigenvalue weighted by Gasteiger charge is 2.11. The molecule has 0 aliphatic heterocycles. The van der Waals surface area contributed by atoms with Gasteiger partial charge in [0.25, 0.3) is 0 Å². The predicted molar refractivity (Wildman–Crippen MR) is 105 cm³/mol. The molecule has 7 nitrogen and oxygen atoms in total. The Morgan fingerprint density at radius 3 is 2.59 bits per heavy atom. The monoisotopic (exact) mass is 376 g/mol. The minimum absolute atomic E-state index is 0.0798. The van der Waals surface area contributed by atoms with Crippen LogP contribution in [0.3, 0.4) is 0 Å². The zero-order valence-corrected chi connectivity index (χ0v) is 15.3. The van der Waals surface area contributed by atoms with Crippen molar-refractivity contribution < 1.29 is 4.79 Å². The van der Waals surface area contributed by atoms with E-state index in [-0.39, 0.29) is 11.7 Å². The number of nitrogens with zero attached hydrogens (tertiary/aromatic N) is 5. The maximum Gasteiger partial charge on any atom is 0.234 e. The van der Waals surface area contributed by atoms with E-state index in [0.717, 1.165) is 21.8 Å². The maximum atomic E-state index is 12.2. The third-order valence-electron chi connectivity index (χ3n) is 3.86. The van der Waals surface area contributed by atoms with Crippen molar-refractivity contribution in [2.24, 2.45) is 0 Å². The molecule has 0 unspecified atom stereocenters. The zero-order chi connectivity index (χ0) is 18.6. The molecule has 0 aliphatic rings. The van der Waals surface area contributed by atoms with E-state index >= 15 is 0 Å². The van der Waals surface area contributed by atoms with Crippen LogP contribution >= 0.6 is 11.8 Å². The van der Waals surface area contributed by atoms with Crippen LogP contribution in [0.1, 0.15) is 5.56 Å². The second-order valence-electron chi connectivity index (χ2n) is 5.90. The summed E-state index contributed by atoms with van der Waals surface area (Å²) in [5, 5.41) is 16.5. The summed E-state index contributed by atoms with van der Waals surface area (Å²) in [6.07, 6.45) is 3.40. The number of hydrogen-bond donors (Lipinski definition) is 1. The lowest BCUT2D eigenvalue weighted by atomic mass is 10.2. The van der Waals surface area contributed by atoms with Crippen LogP contribution < -0.4 is 5.32 Å². The van der Waals surface area contributed by atoms with Crippen LogP contribution in [0.2, 0.25) is 0 Å². The first-order chi connectivity index (χ1) is 13.2. The van der Waals surface area contributed by atoms with Gasteiger partial charge in [-0.1, -0.05) is 29.5 Å². The number of pyridine rings is 1. The fourth-order valence-corrected chi connectivity index (χ4v) is 3.16. The number of aromatic nitrogens is 5. The molecule has 0 fully saturated rings. The number of carbonyl (C=O) groups excluding carboxylic acids is 1. The largest absolute Gasteiger partial charge is 0.325 e. The van der Waals surface area contributed by atoms with E-state index in [1.807, 2.05) is 55.5 Å². The van der Waals surface area contributed by atoms with Gasteiger partial charge in [-0.15, -0.1) is 10.2 Å². The maximum absolute atomic E-state index is 12.2. The molecule has 4 rings (SSSR count). The molecule has 8 heteroatoms. The second-order valence-corrected chi connectivity index (χ2v) is 6.90. The van der Waals surface area contributed by atoms with Crippen molar-refractivity contribution >= 4 is 29.0 Å². The van der Waals surface area contributed by atoms with Crippen LogP contribution in [-0.4, -0.2) is 36.5 Å². The summed E-state index contributed by atoms with van der Waals surface area (Å²) in [5.74, 6) is 0.821. The summed E-state index contributed by atoms with van der Waals surface area (Å²) in [6, 6.07) is 15.1. The molecule has 4 aromatic rings. The van der Waals surface area contributed by atoms with Gasteiger partial charge >= 0.3 is 0 Å². The molecule has 3 heterocycles. The number of anilines is 1. The van der Waals surface area contributed by atoms with Crippen LogP contribution in [0, 0.1) is 6.92 Å². The van der Waals surface area contributed by atoms with E-state index in [1.165, 1.54) is 11.8 Å². The summed E-state index contributed by atoms with van der Waals surface area (Å²) in [5.41, 5.74) is 3.46. The molecule has 0 saturated heterocycles. The summed E-state index contributed by atoms with van der Waals surface area (Å²) in [6.45, 7) is 2.01. The molecular weight excluding hydrogens is 360 g/mol. The van der Waals surface area contributed by atoms with E-state index in [9.17, 15) is 4.79 Å². The molecule has 0 spiro atoms. The van der Waals surface area contributed by atoms with Crippen LogP contribution in [0.4, 0.5) is 5.69 Å². The van der Waals surface area contributed by atoms with Gasteiger partial charge < -0.3 is 5.32 Å². The molecule has 1 aromatic carbocycles. The third-order valence-corrected chi connectivity index (χ3v) is 4.78. The summed E-state index contributed by atoms with van der Waals surface area (Å²) < 4.78 is 1.68. The highest BCUT2D eigenvalue weighted by atomic mass is 32.2. The van der Waals surface area contributed by atoms with E-state index in [2.05, 4.69) is 25.6 Å². The van der Waals surface area contributed by atoms with Crippen LogP contribution in [0.25, 0.3) is 17.0 Å².